The van der Waals surface area contributed by atoms with E-state index in [1.54, 1.807) is 0 Å². The molecule has 0 bridgehead atoms. The second kappa shape index (κ2) is 6.38. The summed E-state index contributed by atoms with van der Waals surface area (Å²) in [4.78, 5) is 11.3. The molecule has 1 aliphatic heterocycles. The number of rotatable bonds is 7. The minimum absolute atomic E-state index is 0.214. The van der Waals surface area contributed by atoms with E-state index in [1.165, 1.54) is 0 Å². The third-order valence-corrected chi connectivity index (χ3v) is 3.45. The Bertz CT molecular complexity index is 259. The van der Waals surface area contributed by atoms with E-state index in [4.69, 9.17) is 13.6 Å². The largest absolute Gasteiger partial charge is 0.480 e. The number of hydrogen-bond donors (Lipinski definition) is 4. The second-order valence-electron chi connectivity index (χ2n) is 4.74. The summed E-state index contributed by atoms with van der Waals surface area (Å²) >= 11 is 0. The Kier molecular flexibility index (Phi) is 5.43. The summed E-state index contributed by atoms with van der Waals surface area (Å²) in [5.41, 5.74) is 4.30. The molecule has 1 aliphatic rings. The average Bonchev–Trinajstić information content (AvgIpc) is 2.81. The fraction of sp³-hybridized carbons (Fsp3) is 0.909. The molecule has 0 aliphatic carbocycles. The second-order valence-corrected chi connectivity index (χ2v) is 4.74. The van der Waals surface area contributed by atoms with Crippen LogP contribution in [0.2, 0.25) is 6.32 Å². The molecule has 1 rings (SSSR count). The fourth-order valence-electron chi connectivity index (χ4n) is 2.28. The van der Waals surface area contributed by atoms with Crippen LogP contribution in [0.25, 0.3) is 0 Å². The van der Waals surface area contributed by atoms with Crippen molar-refractivity contribution in [2.75, 3.05) is 6.54 Å². The molecular formula is C11H21BN2O3. The quantitative estimate of drug-likeness (QED) is 0.360. The molecule has 1 fully saturated rings. The zero-order chi connectivity index (χ0) is 12.9. The van der Waals surface area contributed by atoms with Crippen LogP contribution in [0, 0.1) is 0 Å². The molecule has 17 heavy (non-hydrogen) atoms. The van der Waals surface area contributed by atoms with E-state index in [0.717, 1.165) is 25.8 Å². The molecule has 0 amide bonds. The maximum absolute atomic E-state index is 11.3. The van der Waals surface area contributed by atoms with Gasteiger partial charge >= 0.3 is 5.97 Å². The van der Waals surface area contributed by atoms with E-state index in [0.29, 0.717) is 12.7 Å². The molecule has 0 aromatic carbocycles. The number of carboxylic acids is 1. The van der Waals surface area contributed by atoms with Crippen molar-refractivity contribution in [1.29, 1.82) is 0 Å². The first-order chi connectivity index (χ1) is 8.02. The van der Waals surface area contributed by atoms with Crippen molar-refractivity contribution in [1.82, 2.24) is 5.32 Å². The summed E-state index contributed by atoms with van der Waals surface area (Å²) in [6, 6.07) is -0.214. The van der Waals surface area contributed by atoms with Crippen LogP contribution in [-0.2, 0) is 4.79 Å². The predicted octanol–water partition coefficient (Wildman–Crippen LogP) is -0.361. The number of carboxylic acid groups (broad SMARTS) is 1. The van der Waals surface area contributed by atoms with Gasteiger partial charge in [0.25, 0.3) is 0 Å². The van der Waals surface area contributed by atoms with Gasteiger partial charge in [0.15, 0.2) is 0 Å². The maximum atomic E-state index is 11.3. The van der Waals surface area contributed by atoms with Gasteiger partial charge in [0.1, 0.15) is 5.54 Å². The molecule has 0 aromatic rings. The number of hydrogen-bond acceptors (Lipinski definition) is 4. The highest BCUT2D eigenvalue weighted by Crippen LogP contribution is 2.23. The number of aliphatic carboxylic acids is 1. The normalized spacial score (nSPS) is 25.4. The van der Waals surface area contributed by atoms with Crippen LogP contribution in [0.1, 0.15) is 32.1 Å². The molecule has 5 N–H and O–H groups in total. The summed E-state index contributed by atoms with van der Waals surface area (Å²) in [6.07, 6.45) is 2.75. The molecule has 0 spiro atoms. The lowest BCUT2D eigenvalue weighted by Gasteiger charge is -2.33. The van der Waals surface area contributed by atoms with E-state index in [2.05, 4.69) is 5.32 Å². The molecule has 6 heteroatoms. The molecule has 0 aromatic heterocycles. The highest BCUT2D eigenvalue weighted by atomic mass is 16.4. The van der Waals surface area contributed by atoms with Crippen molar-refractivity contribution >= 4 is 13.8 Å². The Labute approximate surface area is 103 Å². The number of nitrogens with two attached hydrogens (primary N) is 1. The molecule has 3 atom stereocenters. The SMILES string of the molecule is [B]CCCC[C@](N)(C(=O)O)C(O)[C@H]1CCCN1. The van der Waals surface area contributed by atoms with Crippen molar-refractivity contribution in [2.45, 2.75) is 56.1 Å². The molecule has 1 unspecified atom stereocenters. The van der Waals surface area contributed by atoms with Gasteiger partial charge in [0, 0.05) is 6.04 Å². The van der Waals surface area contributed by atoms with Crippen LogP contribution in [0.15, 0.2) is 0 Å². The van der Waals surface area contributed by atoms with Crippen molar-refractivity contribution in [3.8, 4) is 0 Å². The van der Waals surface area contributed by atoms with Crippen molar-refractivity contribution in [3.63, 3.8) is 0 Å². The van der Waals surface area contributed by atoms with E-state index in [1.807, 2.05) is 0 Å². The lowest BCUT2D eigenvalue weighted by Crippen LogP contribution is -2.62. The minimum Gasteiger partial charge on any atom is -0.480 e. The number of carbonyl (C=O) groups is 1. The summed E-state index contributed by atoms with van der Waals surface area (Å²) in [5.74, 6) is -1.14. The van der Waals surface area contributed by atoms with Gasteiger partial charge in [-0.15, -0.1) is 0 Å². The summed E-state index contributed by atoms with van der Waals surface area (Å²) in [5, 5.41) is 22.4. The number of aliphatic hydroxyl groups excluding tert-OH is 1. The molecule has 1 saturated heterocycles. The minimum atomic E-state index is -1.57. The molecular weight excluding hydrogens is 219 g/mol. The van der Waals surface area contributed by atoms with E-state index >= 15 is 0 Å². The zero-order valence-electron chi connectivity index (χ0n) is 10.1. The first kappa shape index (κ1) is 14.5. The molecule has 1 heterocycles. The van der Waals surface area contributed by atoms with Gasteiger partial charge in [0.05, 0.1) is 14.0 Å². The van der Waals surface area contributed by atoms with Crippen LogP contribution in [0.3, 0.4) is 0 Å². The molecule has 2 radical (unpaired) electrons. The third-order valence-electron chi connectivity index (χ3n) is 3.45. The Balaban J connectivity index is 2.64. The van der Waals surface area contributed by atoms with E-state index in [-0.39, 0.29) is 12.5 Å². The molecule has 0 saturated carbocycles. The first-order valence-electron chi connectivity index (χ1n) is 6.16. The Morgan fingerprint density at radius 2 is 2.29 bits per heavy atom. The van der Waals surface area contributed by atoms with E-state index in [9.17, 15) is 15.0 Å². The smallest absolute Gasteiger partial charge is 0.326 e. The predicted molar refractivity (Wildman–Crippen MR) is 66.0 cm³/mol. The maximum Gasteiger partial charge on any atom is 0.326 e. The van der Waals surface area contributed by atoms with Crippen LogP contribution in [0.5, 0.6) is 0 Å². The van der Waals surface area contributed by atoms with Gasteiger partial charge in [-0.25, -0.2) is 0 Å². The van der Waals surface area contributed by atoms with Crippen LogP contribution < -0.4 is 11.1 Å². The van der Waals surface area contributed by atoms with Crippen LogP contribution in [-0.4, -0.2) is 48.3 Å². The summed E-state index contributed by atoms with van der Waals surface area (Å²) in [6.45, 7) is 0.806. The third kappa shape index (κ3) is 3.44. The summed E-state index contributed by atoms with van der Waals surface area (Å²) in [7, 11) is 5.37. The van der Waals surface area contributed by atoms with Crippen LogP contribution >= 0.6 is 0 Å². The molecule has 96 valence electrons. The first-order valence-corrected chi connectivity index (χ1v) is 6.16. The Morgan fingerprint density at radius 3 is 2.76 bits per heavy atom. The van der Waals surface area contributed by atoms with Gasteiger partial charge in [0.2, 0.25) is 0 Å². The standard InChI is InChI=1S/C11H21BN2O3/c12-6-2-1-5-11(13,10(16)17)9(15)8-4-3-7-14-8/h8-9,14-15H,1-7,13H2,(H,16,17)/t8-,9?,11-/m1/s1. The van der Waals surface area contributed by atoms with Gasteiger partial charge in [-0.2, -0.15) is 0 Å². The van der Waals surface area contributed by atoms with Gasteiger partial charge in [-0.05, 0) is 25.8 Å². The number of aliphatic hydroxyl groups is 1. The Morgan fingerprint density at radius 1 is 1.59 bits per heavy atom. The number of unbranched alkanes of at least 4 members (excludes halogenated alkanes) is 1. The topological polar surface area (TPSA) is 95.6 Å². The van der Waals surface area contributed by atoms with Crippen molar-refractivity contribution in [3.05, 3.63) is 0 Å². The van der Waals surface area contributed by atoms with Crippen molar-refractivity contribution < 1.29 is 15.0 Å². The monoisotopic (exact) mass is 240 g/mol. The molecule has 5 nitrogen and oxygen atoms in total. The van der Waals surface area contributed by atoms with Crippen LogP contribution in [0.4, 0.5) is 0 Å². The lowest BCUT2D eigenvalue weighted by atomic mass is 9.82. The highest BCUT2D eigenvalue weighted by Gasteiger charge is 2.45. The highest BCUT2D eigenvalue weighted by molar-refractivity contribution is 6.08. The fourth-order valence-corrected chi connectivity index (χ4v) is 2.28. The number of nitrogens with one attached hydrogen (secondary N) is 1. The van der Waals surface area contributed by atoms with Gasteiger partial charge in [-0.1, -0.05) is 19.2 Å². The zero-order valence-corrected chi connectivity index (χ0v) is 10.1. The van der Waals surface area contributed by atoms with E-state index < -0.39 is 17.6 Å². The lowest BCUT2D eigenvalue weighted by molar-refractivity contribution is -0.149. The van der Waals surface area contributed by atoms with Gasteiger partial charge < -0.3 is 21.3 Å². The Hall–Kier alpha value is -0.585. The van der Waals surface area contributed by atoms with Gasteiger partial charge in [-0.3, -0.25) is 4.79 Å². The van der Waals surface area contributed by atoms with Crippen molar-refractivity contribution in [2.24, 2.45) is 5.73 Å². The summed E-state index contributed by atoms with van der Waals surface area (Å²) < 4.78 is 0. The average molecular weight is 240 g/mol.